The zero-order chi connectivity index (χ0) is 74.6. The van der Waals surface area contributed by atoms with Gasteiger partial charge in [0, 0.05) is 45.0 Å². The number of nitrogens with zero attached hydrogens (tertiary/aromatic N) is 4. The fourth-order valence-corrected chi connectivity index (χ4v) is 12.0. The molecule has 4 heterocycles. The van der Waals surface area contributed by atoms with Crippen LogP contribution < -0.4 is 9.30 Å². The minimum absolute atomic E-state index is 0.0267. The lowest BCUT2D eigenvalue weighted by Crippen LogP contribution is -2.55. The third kappa shape index (κ3) is 6.76. The number of hydrogen-bond acceptors (Lipinski definition) is 2. The number of ether oxygens (including phenoxy) is 1. The molecule has 0 unspecified atom stereocenters. The number of benzene rings is 8. The monoisotopic (exact) mass is 1010 g/mol. The standard InChI is InChI=1S/C71H62N4O/c1-68(2,3)46-30-33-72-65(37-46)75-62-24-13-12-22-55(62)56-28-27-50(39-64(56)75)76-49-17-14-16-48(38-49)73-43-74-66-58(45-26-29-60-61(34-45)70(6,7)32-31-69(60,4)5)35-47(71-40-44(41-71)42-71)36-59(66)54-21-11-9-19-52(54)51-18-8-10-20-53(51)57-23-15-25-63(73)67(57)74/h8-30,33-39,44H,31-32,40-42H2,1-7H3/i4D3,5D3,6D3,7D3,8D,9D,10D,11D,18D,19D,20D,21D,26D,29D,31D2,32D2,34D. The Morgan fingerprint density at radius 3 is 2.05 bits per heavy atom. The number of rotatable bonds is 6. The first-order valence-corrected chi connectivity index (χ1v) is 25.2. The average molecular weight is 1010 g/mol. The lowest BCUT2D eigenvalue weighted by Gasteiger charge is -2.62. The summed E-state index contributed by atoms with van der Waals surface area (Å²) in [5.74, 6) is 1.49. The zero-order valence-corrected chi connectivity index (χ0v) is 41.4. The molecule has 0 N–H and O–H groups in total. The van der Waals surface area contributed by atoms with Gasteiger partial charge in [-0.25, -0.2) is 4.98 Å². The molecular formula is C71H62N4O. The summed E-state index contributed by atoms with van der Waals surface area (Å²) in [6.45, 7) is -11.2. The molecule has 3 aromatic heterocycles. The number of aromatic nitrogens is 4. The Kier molecular flexibility index (Phi) is 5.41. The Bertz CT molecular complexity index is 5530. The molecule has 5 nitrogen and oxygen atoms in total. The van der Waals surface area contributed by atoms with Crippen molar-refractivity contribution in [2.24, 2.45) is 5.92 Å². The van der Waals surface area contributed by atoms with E-state index in [0.29, 0.717) is 36.4 Å². The van der Waals surface area contributed by atoms with Gasteiger partial charge in [0.2, 0.25) is 0 Å². The second kappa shape index (κ2) is 16.0. The van der Waals surface area contributed by atoms with E-state index in [1.165, 1.54) is 21.3 Å². The van der Waals surface area contributed by atoms with Crippen molar-refractivity contribution in [1.29, 1.82) is 0 Å². The van der Waals surface area contributed by atoms with E-state index in [-0.39, 0.29) is 56.2 Å². The molecule has 3 saturated carbocycles. The highest BCUT2D eigenvalue weighted by Crippen LogP contribution is 2.66. The van der Waals surface area contributed by atoms with E-state index in [1.54, 1.807) is 48.7 Å². The first kappa shape index (κ1) is 25.7. The van der Waals surface area contributed by atoms with Gasteiger partial charge >= 0.3 is 0 Å². The summed E-state index contributed by atoms with van der Waals surface area (Å²) in [5.41, 5.74) is -13.6. The second-order valence-corrected chi connectivity index (χ2v) is 21.7. The minimum Gasteiger partial charge on any atom is -0.458 e. The number of imidazole rings is 1. The van der Waals surface area contributed by atoms with E-state index < -0.39 is 162 Å². The predicted octanol–water partition coefficient (Wildman–Crippen LogP) is 17.7. The smallest absolute Gasteiger partial charge is 0.269 e. The molecule has 0 saturated heterocycles. The van der Waals surface area contributed by atoms with Crippen LogP contribution in [0.2, 0.25) is 0 Å². The maximum absolute atomic E-state index is 10.6. The van der Waals surface area contributed by atoms with Gasteiger partial charge in [-0.15, -0.1) is 0 Å². The van der Waals surface area contributed by atoms with Crippen LogP contribution in [0.15, 0.2) is 182 Å². The van der Waals surface area contributed by atoms with Crippen LogP contribution in [0.3, 0.4) is 0 Å². The van der Waals surface area contributed by atoms with Crippen LogP contribution in [-0.4, -0.2) is 14.1 Å². The molecule has 372 valence electrons. The summed E-state index contributed by atoms with van der Waals surface area (Å²) in [7, 11) is 0. The molecule has 5 heteroatoms. The Labute approximate surface area is 484 Å². The van der Waals surface area contributed by atoms with Crippen molar-refractivity contribution in [3.63, 3.8) is 0 Å². The highest BCUT2D eigenvalue weighted by molar-refractivity contribution is 6.09. The molecule has 16 rings (SSSR count). The molecule has 2 bridgehead atoms. The maximum Gasteiger partial charge on any atom is 0.269 e. The SMILES string of the molecule is [2H]c1c([2H])c([2H])c2c(c1[2H])-c1cc(C34CC(C3)C4)cc(-c3c([2H])c([2H])c4c(c3[2H])C(C([2H])([2H])[2H])(C([2H])([2H])[2H])C([2H])([2H])C([2H])([2H])C4(C([2H])([2H])[2H])C([2H])([2H])[2H])c1-[n+]1[c-]n(-c3cccc(Oc4ccc5c6ccccc6n(-c6cc(C(C)(C)C)ccn6)c5c4)c3)c3cccc(c31)-c1c([2H])c([2H])c([2H])c([2H])c1-2. The van der Waals surface area contributed by atoms with E-state index in [2.05, 4.69) is 31.7 Å². The third-order valence-electron chi connectivity index (χ3n) is 15.9. The molecule has 5 aliphatic rings. The highest BCUT2D eigenvalue weighted by atomic mass is 16.5. The summed E-state index contributed by atoms with van der Waals surface area (Å²) >= 11 is 0. The molecule has 0 atom stereocenters. The van der Waals surface area contributed by atoms with Crippen LogP contribution in [0.25, 0.3) is 94.5 Å². The summed E-state index contributed by atoms with van der Waals surface area (Å²) in [4.78, 5) is 4.83. The van der Waals surface area contributed by atoms with E-state index in [4.69, 9.17) is 17.9 Å². The van der Waals surface area contributed by atoms with Crippen molar-refractivity contribution in [2.75, 3.05) is 0 Å². The second-order valence-electron chi connectivity index (χ2n) is 21.7. The van der Waals surface area contributed by atoms with Gasteiger partial charge in [-0.1, -0.05) is 169 Å². The lowest BCUT2D eigenvalue weighted by molar-refractivity contribution is -0.570. The van der Waals surface area contributed by atoms with Gasteiger partial charge in [0.1, 0.15) is 17.3 Å². The van der Waals surface area contributed by atoms with Gasteiger partial charge in [0.25, 0.3) is 6.33 Å². The first-order valence-electron chi connectivity index (χ1n) is 38.7. The normalized spacial score (nSPS) is 25.7. The molecule has 76 heavy (non-hydrogen) atoms. The number of para-hydroxylation sites is 2. The summed E-state index contributed by atoms with van der Waals surface area (Å²) in [5, 5.41) is 1.86. The molecule has 0 amide bonds. The Morgan fingerprint density at radius 1 is 0.645 bits per heavy atom. The van der Waals surface area contributed by atoms with Crippen molar-refractivity contribution >= 4 is 32.8 Å². The molecule has 3 fully saturated rings. The van der Waals surface area contributed by atoms with Gasteiger partial charge in [-0.3, -0.25) is 13.7 Å². The third-order valence-corrected chi connectivity index (χ3v) is 15.9. The molecule has 11 aromatic rings. The van der Waals surface area contributed by atoms with Crippen LogP contribution in [0.5, 0.6) is 11.5 Å². The Hall–Kier alpha value is -8.02. The van der Waals surface area contributed by atoms with Crippen LogP contribution in [0.1, 0.15) is 139 Å². The van der Waals surface area contributed by atoms with Crippen LogP contribution in [0.4, 0.5) is 0 Å². The Balaban J connectivity index is 1.09. The largest absolute Gasteiger partial charge is 0.458 e. The fourth-order valence-electron chi connectivity index (χ4n) is 12.0. The summed E-state index contributed by atoms with van der Waals surface area (Å²) in [6.07, 6.45) is -2.67. The van der Waals surface area contributed by atoms with E-state index in [0.717, 1.165) is 27.4 Å². The van der Waals surface area contributed by atoms with Gasteiger partial charge in [-0.2, -0.15) is 0 Å². The van der Waals surface area contributed by atoms with Crippen molar-refractivity contribution in [3.05, 3.63) is 210 Å². The fraction of sp³-hybridized carbons (Fsp3) is 0.239. The quantitative estimate of drug-likeness (QED) is 0.123. The van der Waals surface area contributed by atoms with Crippen molar-refractivity contribution in [3.8, 4) is 73.2 Å². The Morgan fingerprint density at radius 2 is 1.32 bits per heavy atom. The molecule has 8 aromatic carbocycles. The predicted molar refractivity (Wildman–Crippen MR) is 311 cm³/mol. The number of fused-ring (bicyclic) bond motifs is 11. The molecular weight excluding hydrogens is 925 g/mol. The first-order chi connectivity index (χ1) is 47.8. The van der Waals surface area contributed by atoms with Crippen molar-refractivity contribution in [1.82, 2.24) is 14.1 Å². The highest BCUT2D eigenvalue weighted by Gasteiger charge is 2.57. The molecule has 1 aliphatic heterocycles. The van der Waals surface area contributed by atoms with Gasteiger partial charge in [0.15, 0.2) is 0 Å². The summed E-state index contributed by atoms with van der Waals surface area (Å²) < 4.78 is 267. The topological polar surface area (TPSA) is 35.9 Å². The lowest BCUT2D eigenvalue weighted by atomic mass is 9.42. The zero-order valence-electron chi connectivity index (χ0n) is 68.4. The average Bonchev–Trinajstić information content (AvgIpc) is 1.13. The van der Waals surface area contributed by atoms with Crippen molar-refractivity contribution in [2.45, 2.75) is 102 Å². The van der Waals surface area contributed by atoms with Gasteiger partial charge in [0.05, 0.1) is 48.5 Å². The number of pyridine rings is 1. The van der Waals surface area contributed by atoms with Crippen LogP contribution >= 0.6 is 0 Å². The number of hydrogen-bond donors (Lipinski definition) is 0. The molecule has 0 spiro atoms. The van der Waals surface area contributed by atoms with Gasteiger partial charge in [-0.05, 0) is 175 Å². The van der Waals surface area contributed by atoms with Gasteiger partial charge < -0.3 is 4.74 Å². The van der Waals surface area contributed by atoms with Crippen LogP contribution in [0, 0.1) is 12.2 Å². The maximum atomic E-state index is 10.6. The van der Waals surface area contributed by atoms with E-state index in [1.807, 2.05) is 54.6 Å². The minimum atomic E-state index is -4.68. The molecule has 4 aliphatic carbocycles. The summed E-state index contributed by atoms with van der Waals surface area (Å²) in [6, 6.07) is 21.3. The molecule has 0 radical (unpaired) electrons. The van der Waals surface area contributed by atoms with E-state index >= 15 is 0 Å². The van der Waals surface area contributed by atoms with Crippen molar-refractivity contribution < 1.29 is 46.3 Å². The van der Waals surface area contributed by atoms with Crippen LogP contribution in [-0.2, 0) is 21.7 Å². The van der Waals surface area contributed by atoms with E-state index in [9.17, 15) is 28.8 Å².